The first-order valence-corrected chi connectivity index (χ1v) is 7.44. The van der Waals surface area contributed by atoms with Gasteiger partial charge < -0.3 is 10.5 Å². The van der Waals surface area contributed by atoms with Gasteiger partial charge >= 0.3 is 5.97 Å². The fourth-order valence-electron chi connectivity index (χ4n) is 1.64. The van der Waals surface area contributed by atoms with E-state index in [1.54, 1.807) is 13.8 Å². The van der Waals surface area contributed by atoms with Crippen LogP contribution in [0.1, 0.15) is 25.0 Å². The quantitative estimate of drug-likeness (QED) is 0.317. The summed E-state index contributed by atoms with van der Waals surface area (Å²) in [5.41, 5.74) is 13.8. The Morgan fingerprint density at radius 2 is 2.04 bits per heavy atom. The maximum absolute atomic E-state index is 12.0. The minimum Gasteiger partial charge on any atom is -0.461 e. The number of nitrogens with two attached hydrogens (primary N) is 1. The highest BCUT2D eigenvalue weighted by atomic mass is 32.1. The van der Waals surface area contributed by atoms with Crippen LogP contribution < -0.4 is 16.6 Å². The second-order valence-electron chi connectivity index (χ2n) is 4.78. The summed E-state index contributed by atoms with van der Waals surface area (Å²) < 4.78 is 4.99. The molecule has 7 nitrogen and oxygen atoms in total. The number of nitrogens with zero attached hydrogens (tertiary/aromatic N) is 2. The highest BCUT2D eigenvalue weighted by Gasteiger charge is 2.17. The molecule has 1 aromatic carbocycles. The molecule has 8 heteroatoms. The van der Waals surface area contributed by atoms with Crippen LogP contribution in [0.3, 0.4) is 0 Å². The van der Waals surface area contributed by atoms with Gasteiger partial charge in [0.05, 0.1) is 18.0 Å². The van der Waals surface area contributed by atoms with Crippen LogP contribution in [0.15, 0.2) is 28.4 Å². The highest BCUT2D eigenvalue weighted by molar-refractivity contribution is 7.80. The summed E-state index contributed by atoms with van der Waals surface area (Å²) in [6, 6.07) is 5.89. The van der Waals surface area contributed by atoms with Crippen molar-refractivity contribution >= 4 is 40.4 Å². The second kappa shape index (κ2) is 8.84. The van der Waals surface area contributed by atoms with E-state index in [1.165, 1.54) is 0 Å². The molecule has 0 aliphatic heterocycles. The van der Waals surface area contributed by atoms with Gasteiger partial charge in [0.15, 0.2) is 10.8 Å². The molecule has 124 valence electrons. The normalized spacial score (nSPS) is 11.8. The van der Waals surface area contributed by atoms with Crippen LogP contribution in [-0.2, 0) is 9.53 Å². The van der Waals surface area contributed by atoms with Crippen molar-refractivity contribution in [1.29, 1.82) is 0 Å². The minimum atomic E-state index is -0.587. The van der Waals surface area contributed by atoms with E-state index in [9.17, 15) is 4.79 Å². The van der Waals surface area contributed by atoms with Crippen molar-refractivity contribution in [3.63, 3.8) is 0 Å². The third-order valence-corrected chi connectivity index (χ3v) is 2.92. The first-order chi connectivity index (χ1) is 10.8. The van der Waals surface area contributed by atoms with Crippen LogP contribution >= 0.6 is 12.2 Å². The Balaban J connectivity index is 3.08. The van der Waals surface area contributed by atoms with Gasteiger partial charge in [-0.05, 0) is 57.1 Å². The van der Waals surface area contributed by atoms with Crippen molar-refractivity contribution in [2.45, 2.75) is 27.7 Å². The third kappa shape index (κ3) is 6.03. The zero-order valence-electron chi connectivity index (χ0n) is 13.6. The molecule has 1 rings (SSSR count). The molecule has 0 atom stereocenters. The molecule has 0 unspecified atom stereocenters. The van der Waals surface area contributed by atoms with Gasteiger partial charge in [-0.15, -0.1) is 0 Å². The van der Waals surface area contributed by atoms with Crippen LogP contribution in [-0.4, -0.2) is 29.1 Å². The van der Waals surface area contributed by atoms with E-state index in [1.807, 2.05) is 32.0 Å². The highest BCUT2D eigenvalue weighted by Crippen LogP contribution is 2.16. The summed E-state index contributed by atoms with van der Waals surface area (Å²) in [5, 5.41) is 8.03. The SMILES string of the molecule is CCOC(=O)C(=N/Nc1cc(C)ccc1C)/C(C)=N/NC(N)=S. The number of aryl methyl sites for hydroxylation is 2. The Morgan fingerprint density at radius 1 is 1.35 bits per heavy atom. The average molecular weight is 335 g/mol. The van der Waals surface area contributed by atoms with Gasteiger partial charge in [0.25, 0.3) is 0 Å². The van der Waals surface area contributed by atoms with E-state index in [-0.39, 0.29) is 17.4 Å². The summed E-state index contributed by atoms with van der Waals surface area (Å²) in [6.45, 7) is 7.46. The van der Waals surface area contributed by atoms with E-state index in [0.29, 0.717) is 5.71 Å². The van der Waals surface area contributed by atoms with E-state index in [0.717, 1.165) is 16.8 Å². The zero-order valence-corrected chi connectivity index (χ0v) is 14.5. The fraction of sp³-hybridized carbons (Fsp3) is 0.333. The molecule has 0 amide bonds. The molecule has 1 aromatic rings. The van der Waals surface area contributed by atoms with E-state index >= 15 is 0 Å². The number of nitrogens with one attached hydrogen (secondary N) is 2. The van der Waals surface area contributed by atoms with Gasteiger partial charge in [0, 0.05) is 0 Å². The molecule has 0 aliphatic rings. The summed E-state index contributed by atoms with van der Waals surface area (Å²) in [7, 11) is 0. The van der Waals surface area contributed by atoms with Crippen LogP contribution in [0.5, 0.6) is 0 Å². The van der Waals surface area contributed by atoms with Crippen LogP contribution in [0.25, 0.3) is 0 Å². The molecule has 0 saturated heterocycles. The van der Waals surface area contributed by atoms with Crippen molar-refractivity contribution < 1.29 is 9.53 Å². The summed E-state index contributed by atoms with van der Waals surface area (Å²) in [6.07, 6.45) is 0. The van der Waals surface area contributed by atoms with Crippen molar-refractivity contribution in [3.05, 3.63) is 29.3 Å². The number of anilines is 1. The van der Waals surface area contributed by atoms with Crippen LogP contribution in [0, 0.1) is 13.8 Å². The number of hydrazone groups is 2. The molecule has 23 heavy (non-hydrogen) atoms. The van der Waals surface area contributed by atoms with Crippen molar-refractivity contribution in [2.24, 2.45) is 15.9 Å². The number of ether oxygens (including phenoxy) is 1. The molecule has 0 aromatic heterocycles. The topological polar surface area (TPSA) is 101 Å². The molecule has 0 aliphatic carbocycles. The lowest BCUT2D eigenvalue weighted by Gasteiger charge is -2.09. The molecule has 0 saturated carbocycles. The molecule has 0 bridgehead atoms. The number of benzene rings is 1. The number of rotatable bonds is 6. The number of hydrogen-bond donors (Lipinski definition) is 3. The summed E-state index contributed by atoms with van der Waals surface area (Å²) >= 11 is 4.68. The number of carbonyl (C=O) groups excluding carboxylic acids is 1. The smallest absolute Gasteiger partial charge is 0.360 e. The number of thiocarbonyl (C=S) groups is 1. The van der Waals surface area contributed by atoms with Crippen molar-refractivity contribution in [1.82, 2.24) is 5.43 Å². The Kier molecular flexibility index (Phi) is 7.14. The lowest BCUT2D eigenvalue weighted by Crippen LogP contribution is -2.30. The molecule has 0 radical (unpaired) electrons. The molecule has 4 N–H and O–H groups in total. The van der Waals surface area contributed by atoms with Crippen LogP contribution in [0.2, 0.25) is 0 Å². The van der Waals surface area contributed by atoms with Gasteiger partial charge in [-0.3, -0.25) is 10.9 Å². The number of hydrogen-bond acceptors (Lipinski definition) is 6. The maximum Gasteiger partial charge on any atom is 0.360 e. The predicted molar refractivity (Wildman–Crippen MR) is 96.6 cm³/mol. The largest absolute Gasteiger partial charge is 0.461 e. The fourth-order valence-corrected chi connectivity index (χ4v) is 1.68. The van der Waals surface area contributed by atoms with Gasteiger partial charge in [-0.2, -0.15) is 10.2 Å². The van der Waals surface area contributed by atoms with E-state index < -0.39 is 5.97 Å². The van der Waals surface area contributed by atoms with Gasteiger partial charge in [-0.1, -0.05) is 12.1 Å². The number of carbonyl (C=O) groups is 1. The van der Waals surface area contributed by atoms with Gasteiger partial charge in [0.1, 0.15) is 0 Å². The molecule has 0 fully saturated rings. The van der Waals surface area contributed by atoms with E-state index in [4.69, 9.17) is 10.5 Å². The lowest BCUT2D eigenvalue weighted by atomic mass is 10.1. The van der Waals surface area contributed by atoms with Gasteiger partial charge in [-0.25, -0.2) is 4.79 Å². The summed E-state index contributed by atoms with van der Waals surface area (Å²) in [5.74, 6) is -0.587. The average Bonchev–Trinajstić information content (AvgIpc) is 2.49. The maximum atomic E-state index is 12.0. The van der Waals surface area contributed by atoms with Crippen LogP contribution in [0.4, 0.5) is 5.69 Å². The van der Waals surface area contributed by atoms with Crippen molar-refractivity contribution in [3.8, 4) is 0 Å². The Morgan fingerprint density at radius 3 is 2.65 bits per heavy atom. The van der Waals surface area contributed by atoms with Crippen molar-refractivity contribution in [2.75, 3.05) is 12.0 Å². The first kappa shape index (κ1) is 18.6. The van der Waals surface area contributed by atoms with E-state index in [2.05, 4.69) is 33.3 Å². The monoisotopic (exact) mass is 335 g/mol. The standard InChI is InChI=1S/C15H21N5O2S/c1-5-22-14(21)13(11(4)17-20-15(16)23)19-18-12-8-9(2)6-7-10(12)3/h6-8,18H,5H2,1-4H3,(H3,16,20,23)/b17-11+,19-13+. The Labute approximate surface area is 141 Å². The molecular weight excluding hydrogens is 314 g/mol. The Bertz CT molecular complexity index is 655. The van der Waals surface area contributed by atoms with Gasteiger partial charge in [0.2, 0.25) is 0 Å². The minimum absolute atomic E-state index is 0.00459. The third-order valence-electron chi connectivity index (χ3n) is 2.83. The second-order valence-corrected chi connectivity index (χ2v) is 5.22. The first-order valence-electron chi connectivity index (χ1n) is 7.03. The summed E-state index contributed by atoms with van der Waals surface area (Å²) in [4.78, 5) is 12.0. The number of esters is 1. The predicted octanol–water partition coefficient (Wildman–Crippen LogP) is 1.84. The molecule has 0 heterocycles. The molecule has 0 spiro atoms. The molecular formula is C15H21N5O2S. The zero-order chi connectivity index (χ0) is 17.4. The Hall–Kier alpha value is -2.48. The lowest BCUT2D eigenvalue weighted by molar-refractivity contribution is -0.134.